The molecule has 1 aliphatic rings. The van der Waals surface area contributed by atoms with Crippen molar-refractivity contribution in [1.29, 1.82) is 0 Å². The molecule has 1 aliphatic heterocycles. The molecule has 0 atom stereocenters. The average molecular weight is 616 g/mol. The van der Waals surface area contributed by atoms with Gasteiger partial charge in [0, 0.05) is 17.2 Å². The third-order valence-electron chi connectivity index (χ3n) is 5.71. The molecule has 0 aliphatic carbocycles. The number of nitrogens with one attached hydrogen (secondary N) is 1. The first kappa shape index (κ1) is 29.5. The van der Waals surface area contributed by atoms with Crippen molar-refractivity contribution in [2.75, 3.05) is 14.2 Å². The van der Waals surface area contributed by atoms with Crippen LogP contribution >= 0.6 is 24.0 Å². The summed E-state index contributed by atoms with van der Waals surface area (Å²) in [5.74, 6) is -0.698. The molecule has 0 bridgehead atoms. The van der Waals surface area contributed by atoms with Crippen LogP contribution in [0.25, 0.3) is 6.08 Å². The zero-order valence-corrected chi connectivity index (χ0v) is 24.1. The van der Waals surface area contributed by atoms with E-state index in [0.717, 1.165) is 22.8 Å². The van der Waals surface area contributed by atoms with E-state index in [4.69, 9.17) is 25.9 Å². The normalized spacial score (nSPS) is 14.2. The fourth-order valence-electron chi connectivity index (χ4n) is 3.57. The zero-order chi connectivity index (χ0) is 29.9. The van der Waals surface area contributed by atoms with Crippen LogP contribution in [0.3, 0.4) is 0 Å². The van der Waals surface area contributed by atoms with Gasteiger partial charge in [-0.1, -0.05) is 23.9 Å². The molecule has 0 unspecified atom stereocenters. The number of rotatable bonds is 9. The van der Waals surface area contributed by atoms with Crippen LogP contribution in [-0.4, -0.2) is 48.7 Å². The van der Waals surface area contributed by atoms with Crippen LogP contribution in [0, 0.1) is 17.0 Å². The van der Waals surface area contributed by atoms with E-state index in [9.17, 15) is 28.1 Å². The molecule has 1 saturated heterocycles. The smallest absolute Gasteiger partial charge is 0.339 e. The second kappa shape index (κ2) is 12.0. The van der Waals surface area contributed by atoms with Gasteiger partial charge in [0.2, 0.25) is 0 Å². The first-order valence-corrected chi connectivity index (χ1v) is 14.2. The number of methoxy groups -OCH3 is 2. The summed E-state index contributed by atoms with van der Waals surface area (Å²) in [6, 6.07) is 14.0. The molecule has 3 aromatic carbocycles. The Balaban J connectivity index is 1.52. The van der Waals surface area contributed by atoms with E-state index in [1.165, 1.54) is 69.7 Å². The highest BCUT2D eigenvalue weighted by molar-refractivity contribution is 8.26. The number of hydrazine groups is 1. The van der Waals surface area contributed by atoms with E-state index in [1.54, 1.807) is 12.1 Å². The predicted molar refractivity (Wildman–Crippen MR) is 154 cm³/mol. The van der Waals surface area contributed by atoms with Crippen LogP contribution in [-0.2, 0) is 14.9 Å². The largest absolute Gasteiger partial charge is 0.497 e. The van der Waals surface area contributed by atoms with Gasteiger partial charge >= 0.3 is 10.1 Å². The number of thioether (sulfide) groups is 1. The first-order chi connectivity index (χ1) is 19.4. The number of hydrogen-bond donors (Lipinski definition) is 1. The summed E-state index contributed by atoms with van der Waals surface area (Å²) >= 11 is 6.23. The van der Waals surface area contributed by atoms with Crippen molar-refractivity contribution in [1.82, 2.24) is 10.4 Å². The van der Waals surface area contributed by atoms with Gasteiger partial charge < -0.3 is 13.7 Å². The van der Waals surface area contributed by atoms with Crippen LogP contribution in [0.4, 0.5) is 5.69 Å². The Morgan fingerprint density at radius 1 is 1.05 bits per heavy atom. The second-order valence-electron chi connectivity index (χ2n) is 8.34. The monoisotopic (exact) mass is 615 g/mol. The highest BCUT2D eigenvalue weighted by atomic mass is 32.2. The molecular formula is C26H21N3O9S3. The van der Waals surface area contributed by atoms with Crippen molar-refractivity contribution in [2.24, 2.45) is 0 Å². The molecule has 1 fully saturated rings. The Bertz CT molecular complexity index is 1700. The molecule has 0 saturated carbocycles. The van der Waals surface area contributed by atoms with E-state index >= 15 is 0 Å². The van der Waals surface area contributed by atoms with Crippen molar-refractivity contribution in [3.05, 3.63) is 92.4 Å². The maximum atomic E-state index is 13.0. The fourth-order valence-corrected chi connectivity index (χ4v) is 5.71. The van der Waals surface area contributed by atoms with Crippen molar-refractivity contribution in [3.8, 4) is 17.2 Å². The predicted octanol–water partition coefficient (Wildman–Crippen LogP) is 4.23. The molecule has 15 heteroatoms. The summed E-state index contributed by atoms with van der Waals surface area (Å²) in [5, 5.41) is 12.2. The van der Waals surface area contributed by atoms with Gasteiger partial charge in [-0.2, -0.15) is 13.4 Å². The molecular weight excluding hydrogens is 594 g/mol. The molecule has 41 heavy (non-hydrogen) atoms. The molecule has 0 spiro atoms. The third-order valence-corrected chi connectivity index (χ3v) is 8.24. The highest BCUT2D eigenvalue weighted by Crippen LogP contribution is 2.35. The number of benzene rings is 3. The lowest BCUT2D eigenvalue weighted by Gasteiger charge is -2.15. The summed E-state index contributed by atoms with van der Waals surface area (Å²) in [4.78, 5) is 35.9. The second-order valence-corrected chi connectivity index (χ2v) is 11.6. The van der Waals surface area contributed by atoms with Crippen molar-refractivity contribution >= 4 is 62.0 Å². The summed E-state index contributed by atoms with van der Waals surface area (Å²) in [5.41, 5.74) is 3.14. The molecule has 0 radical (unpaired) electrons. The van der Waals surface area contributed by atoms with Crippen LogP contribution < -0.4 is 19.1 Å². The van der Waals surface area contributed by atoms with Gasteiger partial charge in [0.25, 0.3) is 17.5 Å². The molecule has 0 aromatic heterocycles. The Labute approximate surface area is 244 Å². The van der Waals surface area contributed by atoms with Gasteiger partial charge in [-0.3, -0.25) is 25.1 Å². The minimum Gasteiger partial charge on any atom is -0.497 e. The van der Waals surface area contributed by atoms with E-state index in [2.05, 4.69) is 5.43 Å². The molecule has 1 N–H and O–H groups in total. The quantitative estimate of drug-likeness (QED) is 0.121. The molecule has 1 heterocycles. The number of aryl methyl sites for hydroxylation is 1. The van der Waals surface area contributed by atoms with Gasteiger partial charge in [-0.15, -0.1) is 0 Å². The van der Waals surface area contributed by atoms with Crippen LogP contribution in [0.1, 0.15) is 21.5 Å². The third kappa shape index (κ3) is 6.48. The first-order valence-electron chi connectivity index (χ1n) is 11.5. The van der Waals surface area contributed by atoms with Gasteiger partial charge in [0.15, 0.2) is 15.8 Å². The lowest BCUT2D eigenvalue weighted by molar-refractivity contribution is -0.385. The molecule has 12 nitrogen and oxygen atoms in total. The SMILES string of the molecule is COc1ccc(C(=O)NN2C(=O)/C(=C/c3ccc(OS(=O)(=O)c4ccc(C)c([N+](=O)[O-])c4)c(OC)c3)SC2=S)cc1. The van der Waals surface area contributed by atoms with Crippen LogP contribution in [0.15, 0.2) is 70.5 Å². The lowest BCUT2D eigenvalue weighted by Crippen LogP contribution is -2.44. The highest BCUT2D eigenvalue weighted by Gasteiger charge is 2.34. The maximum Gasteiger partial charge on any atom is 0.339 e. The summed E-state index contributed by atoms with van der Waals surface area (Å²) in [6.07, 6.45) is 1.49. The lowest BCUT2D eigenvalue weighted by atomic mass is 10.2. The van der Waals surface area contributed by atoms with Crippen LogP contribution in [0.2, 0.25) is 0 Å². The standard InChI is InChI=1S/C26H21N3O9S3/c1-15-4-10-19(14-20(15)29(32)33)41(34,35)38-21-11-5-16(12-22(21)37-3)13-23-25(31)28(26(39)40-23)27-24(30)17-6-8-18(36-2)9-7-17/h4-14H,1-3H3,(H,27,30)/b23-13-. The van der Waals surface area contributed by atoms with Crippen molar-refractivity contribution in [3.63, 3.8) is 0 Å². The van der Waals surface area contributed by atoms with E-state index in [-0.39, 0.29) is 26.4 Å². The van der Waals surface area contributed by atoms with Gasteiger partial charge in [0.05, 0.1) is 24.0 Å². The summed E-state index contributed by atoms with van der Waals surface area (Å²) < 4.78 is 41.3. The maximum absolute atomic E-state index is 13.0. The van der Waals surface area contributed by atoms with E-state index in [1.807, 2.05) is 0 Å². The number of nitro benzene ring substituents is 1. The van der Waals surface area contributed by atoms with Crippen molar-refractivity contribution < 1.29 is 36.6 Å². The topological polar surface area (TPSA) is 154 Å². The molecule has 4 rings (SSSR count). The number of carbonyl (C=O) groups is 2. The average Bonchev–Trinajstić information content (AvgIpc) is 3.20. The molecule has 212 valence electrons. The number of thiocarbonyl (C=S) groups is 1. The number of nitrogens with zero attached hydrogens (tertiary/aromatic N) is 2. The summed E-state index contributed by atoms with van der Waals surface area (Å²) in [6.45, 7) is 1.49. The van der Waals surface area contributed by atoms with E-state index in [0.29, 0.717) is 22.4 Å². The van der Waals surface area contributed by atoms with Crippen LogP contribution in [0.5, 0.6) is 17.2 Å². The Kier molecular flexibility index (Phi) is 8.60. The molecule has 2 amide bonds. The fraction of sp³-hybridized carbons (Fsp3) is 0.115. The van der Waals surface area contributed by atoms with Crippen molar-refractivity contribution in [2.45, 2.75) is 11.8 Å². The number of ether oxygens (including phenoxy) is 2. The van der Waals surface area contributed by atoms with E-state index < -0.39 is 31.8 Å². The minimum atomic E-state index is -4.44. The number of nitro groups is 1. The van der Waals surface area contributed by atoms with Gasteiger partial charge in [-0.05, 0) is 73.2 Å². The Morgan fingerprint density at radius 3 is 2.39 bits per heavy atom. The number of hydrogen-bond acceptors (Lipinski definition) is 11. The Morgan fingerprint density at radius 2 is 1.76 bits per heavy atom. The molecule has 3 aromatic rings. The number of carbonyl (C=O) groups excluding carboxylic acids is 2. The van der Waals surface area contributed by atoms with Gasteiger partial charge in [0.1, 0.15) is 10.6 Å². The minimum absolute atomic E-state index is 0.0206. The summed E-state index contributed by atoms with van der Waals surface area (Å²) in [7, 11) is -1.65. The number of amides is 2. The van der Waals surface area contributed by atoms with Gasteiger partial charge in [-0.25, -0.2) is 0 Å². The Hall–Kier alpha value is -4.47. The zero-order valence-electron chi connectivity index (χ0n) is 21.6.